The van der Waals surface area contributed by atoms with E-state index in [0.717, 1.165) is 13.0 Å². The topological polar surface area (TPSA) is 87.8 Å². The summed E-state index contributed by atoms with van der Waals surface area (Å²) in [5.41, 5.74) is 3.12. The number of rotatable bonds is 5. The van der Waals surface area contributed by atoms with Crippen molar-refractivity contribution in [1.29, 1.82) is 0 Å². The Hall–Kier alpha value is -3.23. The smallest absolute Gasteiger partial charge is 0.290 e. The van der Waals surface area contributed by atoms with Crippen LogP contribution in [0.2, 0.25) is 0 Å². The number of hydrogen-bond acceptors (Lipinski definition) is 6. The van der Waals surface area contributed by atoms with Crippen molar-refractivity contribution in [2.45, 2.75) is 50.6 Å². The van der Waals surface area contributed by atoms with Crippen molar-refractivity contribution in [3.05, 3.63) is 83.0 Å². The van der Waals surface area contributed by atoms with Crippen LogP contribution in [0.4, 0.5) is 4.39 Å². The zero-order valence-corrected chi connectivity index (χ0v) is 18.3. The van der Waals surface area contributed by atoms with Gasteiger partial charge in [-0.25, -0.2) is 4.39 Å². The first-order valence-corrected chi connectivity index (χ1v) is 11.1. The zero-order chi connectivity index (χ0) is 22.9. The molecule has 0 saturated heterocycles. The molecule has 2 N–H and O–H groups in total. The van der Waals surface area contributed by atoms with Gasteiger partial charge in [-0.05, 0) is 36.6 Å². The molecule has 5 rings (SSSR count). The van der Waals surface area contributed by atoms with Gasteiger partial charge in [0.25, 0.3) is 5.91 Å². The van der Waals surface area contributed by atoms with Crippen molar-refractivity contribution >= 4 is 5.91 Å². The van der Waals surface area contributed by atoms with Gasteiger partial charge in [0.15, 0.2) is 0 Å². The van der Waals surface area contributed by atoms with Crippen molar-refractivity contribution in [1.82, 2.24) is 15.4 Å². The second-order valence-electron chi connectivity index (χ2n) is 8.73. The lowest BCUT2D eigenvalue weighted by Gasteiger charge is -2.38. The number of carbonyl (C=O) groups is 1. The number of aryl methyl sites for hydroxylation is 1. The maximum absolute atomic E-state index is 13.7. The molecule has 1 aliphatic heterocycles. The number of aliphatic hydroxyl groups is 1. The number of nitrogens with one attached hydrogen (secondary N) is 1. The molecule has 1 fully saturated rings. The van der Waals surface area contributed by atoms with Crippen LogP contribution in [0.5, 0.6) is 5.75 Å². The largest absolute Gasteiger partial charge is 0.487 e. The summed E-state index contributed by atoms with van der Waals surface area (Å²) in [6, 6.07) is 14.9. The van der Waals surface area contributed by atoms with E-state index in [1.807, 2.05) is 12.1 Å². The number of aromatic nitrogens is 1. The normalized spacial score (nSPS) is 24.9. The number of fused-ring (bicyclic) bond motifs is 1. The van der Waals surface area contributed by atoms with Gasteiger partial charge in [0.1, 0.15) is 23.8 Å². The monoisotopic (exact) mass is 451 g/mol. The van der Waals surface area contributed by atoms with E-state index < -0.39 is 18.0 Å². The Labute approximate surface area is 191 Å². The minimum Gasteiger partial charge on any atom is -0.487 e. The van der Waals surface area contributed by atoms with E-state index in [4.69, 9.17) is 9.26 Å². The maximum atomic E-state index is 13.7. The van der Waals surface area contributed by atoms with Crippen molar-refractivity contribution in [2.75, 3.05) is 6.54 Å². The minimum atomic E-state index is -0.875. The molecule has 2 aromatic carbocycles. The first kappa shape index (κ1) is 21.6. The van der Waals surface area contributed by atoms with Crippen LogP contribution in [0.3, 0.4) is 0 Å². The third kappa shape index (κ3) is 4.49. The highest BCUT2D eigenvalue weighted by molar-refractivity contribution is 5.91. The molecule has 0 radical (unpaired) electrons. The summed E-state index contributed by atoms with van der Waals surface area (Å²) in [5.74, 6) is -0.324. The molecule has 172 valence electrons. The van der Waals surface area contributed by atoms with E-state index in [1.165, 1.54) is 23.3 Å². The summed E-state index contributed by atoms with van der Waals surface area (Å²) in [4.78, 5) is 15.0. The molecular formula is C25H26FN3O4. The number of aliphatic hydroxyl groups excluding tert-OH is 1. The molecule has 0 unspecified atom stereocenters. The summed E-state index contributed by atoms with van der Waals surface area (Å²) in [6.07, 6.45) is -0.244. The van der Waals surface area contributed by atoms with Gasteiger partial charge in [0.2, 0.25) is 5.76 Å². The third-order valence-electron chi connectivity index (χ3n) is 6.46. The fourth-order valence-electron chi connectivity index (χ4n) is 4.92. The number of ether oxygens (including phenoxy) is 1. The standard InChI is InChI=1S/C25H26FN3O4/c1-15-11-22(33-28-15)25(31)27-20-13-21(32-19-8-4-7-18(26)12-19)24(30)23(20)29-10-9-16-5-2-3-6-17(16)14-29/h2-8,11-12,20-21,23-24,30H,9-10,13-14H2,1H3,(H,27,31)/t20-,21-,23+,24+/m1/s1. The molecule has 3 aromatic rings. The molecule has 1 aliphatic carbocycles. The summed E-state index contributed by atoms with van der Waals surface area (Å²) in [6.45, 7) is 3.16. The van der Waals surface area contributed by atoms with Gasteiger partial charge in [-0.2, -0.15) is 0 Å². The van der Waals surface area contributed by atoms with Crippen LogP contribution < -0.4 is 10.1 Å². The van der Waals surface area contributed by atoms with Crippen molar-refractivity contribution in [2.24, 2.45) is 0 Å². The van der Waals surface area contributed by atoms with Crippen molar-refractivity contribution in [3.63, 3.8) is 0 Å². The zero-order valence-electron chi connectivity index (χ0n) is 18.3. The molecule has 1 saturated carbocycles. The molecular weight excluding hydrogens is 425 g/mol. The lowest BCUT2D eigenvalue weighted by Crippen LogP contribution is -2.54. The summed E-state index contributed by atoms with van der Waals surface area (Å²) >= 11 is 0. The first-order valence-electron chi connectivity index (χ1n) is 11.1. The van der Waals surface area contributed by atoms with Gasteiger partial charge >= 0.3 is 0 Å². The van der Waals surface area contributed by atoms with Crippen molar-refractivity contribution < 1.29 is 23.6 Å². The summed E-state index contributed by atoms with van der Waals surface area (Å²) < 4.78 is 24.8. The second-order valence-corrected chi connectivity index (χ2v) is 8.73. The Bertz CT molecular complexity index is 1150. The van der Waals surface area contributed by atoms with Gasteiger partial charge in [-0.3, -0.25) is 9.69 Å². The SMILES string of the molecule is Cc1cc(C(=O)N[C@@H]2C[C@@H](Oc3cccc(F)c3)[C@H](O)[C@H]2N2CCc3ccccc3C2)on1. The van der Waals surface area contributed by atoms with Crippen LogP contribution in [0.1, 0.15) is 33.8 Å². The van der Waals surface area contributed by atoms with E-state index in [2.05, 4.69) is 27.5 Å². The van der Waals surface area contributed by atoms with Crippen LogP contribution in [0, 0.1) is 12.7 Å². The Kier molecular flexibility index (Phi) is 5.86. The first-order chi connectivity index (χ1) is 16.0. The van der Waals surface area contributed by atoms with Crippen LogP contribution >= 0.6 is 0 Å². The predicted octanol–water partition coefficient (Wildman–Crippen LogP) is 2.86. The molecule has 4 atom stereocenters. The molecule has 1 amide bonds. The molecule has 0 spiro atoms. The number of carbonyl (C=O) groups excluding carboxylic acids is 1. The average Bonchev–Trinajstić information content (AvgIpc) is 3.37. The Morgan fingerprint density at radius 1 is 1.21 bits per heavy atom. The fraction of sp³-hybridized carbons (Fsp3) is 0.360. The summed E-state index contributed by atoms with van der Waals surface area (Å²) in [5, 5.41) is 18.1. The highest BCUT2D eigenvalue weighted by atomic mass is 19.1. The van der Waals surface area contributed by atoms with E-state index >= 15 is 0 Å². The van der Waals surface area contributed by atoms with Gasteiger partial charge in [0, 0.05) is 31.6 Å². The maximum Gasteiger partial charge on any atom is 0.290 e. The van der Waals surface area contributed by atoms with E-state index in [0.29, 0.717) is 24.4 Å². The van der Waals surface area contributed by atoms with Crippen molar-refractivity contribution in [3.8, 4) is 5.75 Å². The molecule has 2 heterocycles. The molecule has 8 heteroatoms. The predicted molar refractivity (Wildman–Crippen MR) is 118 cm³/mol. The van der Waals surface area contributed by atoms with Gasteiger partial charge in [-0.1, -0.05) is 35.5 Å². The molecule has 33 heavy (non-hydrogen) atoms. The van der Waals surface area contributed by atoms with Gasteiger partial charge < -0.3 is 19.7 Å². The Balaban J connectivity index is 1.39. The van der Waals surface area contributed by atoms with Gasteiger partial charge in [-0.15, -0.1) is 0 Å². The van der Waals surface area contributed by atoms with E-state index in [1.54, 1.807) is 25.1 Å². The number of nitrogens with zero attached hydrogens (tertiary/aromatic N) is 2. The lowest BCUT2D eigenvalue weighted by atomic mass is 9.97. The number of benzene rings is 2. The fourth-order valence-corrected chi connectivity index (χ4v) is 4.92. The minimum absolute atomic E-state index is 0.124. The highest BCUT2D eigenvalue weighted by Crippen LogP contribution is 2.32. The lowest BCUT2D eigenvalue weighted by molar-refractivity contribution is 0.00244. The molecule has 1 aromatic heterocycles. The molecule has 7 nitrogen and oxygen atoms in total. The molecule has 0 bridgehead atoms. The van der Waals surface area contributed by atoms with Crippen LogP contribution in [0.25, 0.3) is 0 Å². The summed E-state index contributed by atoms with van der Waals surface area (Å²) in [7, 11) is 0. The van der Waals surface area contributed by atoms with Crippen LogP contribution in [-0.4, -0.2) is 51.9 Å². The van der Waals surface area contributed by atoms with Crippen LogP contribution in [-0.2, 0) is 13.0 Å². The van der Waals surface area contributed by atoms with Crippen LogP contribution in [0.15, 0.2) is 59.1 Å². The quantitative estimate of drug-likeness (QED) is 0.620. The Morgan fingerprint density at radius 3 is 2.79 bits per heavy atom. The Morgan fingerprint density at radius 2 is 2.03 bits per heavy atom. The third-order valence-corrected chi connectivity index (χ3v) is 6.46. The average molecular weight is 451 g/mol. The number of amides is 1. The van der Waals surface area contributed by atoms with Gasteiger partial charge in [0.05, 0.1) is 17.8 Å². The number of hydrogen-bond donors (Lipinski definition) is 2. The second kappa shape index (κ2) is 8.96. The number of halogens is 1. The molecule has 2 aliphatic rings. The van der Waals surface area contributed by atoms with E-state index in [-0.39, 0.29) is 23.8 Å². The van der Waals surface area contributed by atoms with E-state index in [9.17, 15) is 14.3 Å². The highest BCUT2D eigenvalue weighted by Gasteiger charge is 2.48.